The Morgan fingerprint density at radius 3 is 2.82 bits per heavy atom. The third-order valence-corrected chi connectivity index (χ3v) is 4.76. The fourth-order valence-electron chi connectivity index (χ4n) is 2.70. The molecule has 5 nitrogen and oxygen atoms in total. The highest BCUT2D eigenvalue weighted by atomic mass is 35.5. The van der Waals surface area contributed by atoms with E-state index < -0.39 is 6.10 Å². The van der Waals surface area contributed by atoms with Gasteiger partial charge >= 0.3 is 0 Å². The van der Waals surface area contributed by atoms with Crippen LogP contribution in [0.25, 0.3) is 0 Å². The van der Waals surface area contributed by atoms with Crippen LogP contribution in [0.5, 0.6) is 11.5 Å². The second kappa shape index (κ2) is 6.39. The molecule has 0 saturated carbocycles. The van der Waals surface area contributed by atoms with Crippen molar-refractivity contribution in [2.45, 2.75) is 13.0 Å². The number of ether oxygens (including phenoxy) is 2. The van der Waals surface area contributed by atoms with E-state index in [0.29, 0.717) is 27.2 Å². The standard InChI is InChI=1S/C15H16Cl2N2O3/c1-9-14(17)10(16)6-12-15(9)21-8-13(22-12)11(7-20)19-4-2-18-3-5-19/h6,13,18H,2-5,8H2,1H3. The minimum atomic E-state index is -0.486. The smallest absolute Gasteiger partial charge is 0.183 e. The van der Waals surface area contributed by atoms with Crippen molar-refractivity contribution in [2.24, 2.45) is 0 Å². The Hall–Kier alpha value is -1.39. The second-order valence-corrected chi connectivity index (χ2v) is 6.05. The van der Waals surface area contributed by atoms with Crippen molar-refractivity contribution in [3.05, 3.63) is 27.4 Å². The summed E-state index contributed by atoms with van der Waals surface area (Å²) < 4.78 is 11.7. The van der Waals surface area contributed by atoms with Gasteiger partial charge in [-0.15, -0.1) is 0 Å². The molecule has 2 heterocycles. The Balaban J connectivity index is 1.86. The maximum Gasteiger partial charge on any atom is 0.183 e. The van der Waals surface area contributed by atoms with Crippen LogP contribution in [0.2, 0.25) is 10.0 Å². The van der Waals surface area contributed by atoms with Gasteiger partial charge in [0.2, 0.25) is 0 Å². The minimum Gasteiger partial charge on any atom is -0.485 e. The summed E-state index contributed by atoms with van der Waals surface area (Å²) in [6.07, 6.45) is -0.486. The molecule has 1 N–H and O–H groups in total. The number of halogens is 2. The van der Waals surface area contributed by atoms with Crippen molar-refractivity contribution in [1.82, 2.24) is 10.2 Å². The lowest BCUT2D eigenvalue weighted by Gasteiger charge is -2.35. The quantitative estimate of drug-likeness (QED) is 0.833. The molecule has 2 aliphatic heterocycles. The number of hydrogen-bond acceptors (Lipinski definition) is 5. The maximum atomic E-state index is 11.4. The summed E-state index contributed by atoms with van der Waals surface area (Å²) in [6.45, 7) is 5.23. The van der Waals surface area contributed by atoms with E-state index in [1.807, 2.05) is 17.8 Å². The molecule has 0 amide bonds. The molecule has 1 atom stereocenters. The van der Waals surface area contributed by atoms with Gasteiger partial charge in [-0.2, -0.15) is 0 Å². The topological polar surface area (TPSA) is 50.8 Å². The molecule has 0 radical (unpaired) electrons. The molecule has 118 valence electrons. The molecule has 1 unspecified atom stereocenters. The number of hydrogen-bond donors (Lipinski definition) is 1. The molecule has 3 rings (SSSR count). The number of carbonyl (C=O) groups excluding carboxylic acids is 1. The molecule has 0 aromatic heterocycles. The van der Waals surface area contributed by atoms with Gasteiger partial charge in [0.25, 0.3) is 0 Å². The van der Waals surface area contributed by atoms with Gasteiger partial charge < -0.3 is 19.7 Å². The molecule has 2 aliphatic rings. The Morgan fingerprint density at radius 2 is 2.14 bits per heavy atom. The lowest BCUT2D eigenvalue weighted by molar-refractivity contribution is 0.0893. The van der Waals surface area contributed by atoms with E-state index in [9.17, 15) is 4.79 Å². The first-order valence-corrected chi connectivity index (χ1v) is 7.86. The monoisotopic (exact) mass is 342 g/mol. The molecule has 1 aromatic carbocycles. The molecule has 1 saturated heterocycles. The van der Waals surface area contributed by atoms with Gasteiger partial charge in [-0.1, -0.05) is 23.2 Å². The highest BCUT2D eigenvalue weighted by molar-refractivity contribution is 6.42. The van der Waals surface area contributed by atoms with Crippen LogP contribution in [0, 0.1) is 6.92 Å². The number of benzene rings is 1. The lowest BCUT2D eigenvalue weighted by Crippen LogP contribution is -2.47. The molecular weight excluding hydrogens is 327 g/mol. The van der Waals surface area contributed by atoms with Crippen LogP contribution in [0.1, 0.15) is 5.56 Å². The summed E-state index contributed by atoms with van der Waals surface area (Å²) in [4.78, 5) is 13.4. The number of fused-ring (bicyclic) bond motifs is 1. The average molecular weight is 343 g/mol. The number of nitrogens with zero attached hydrogens (tertiary/aromatic N) is 1. The molecule has 1 fully saturated rings. The second-order valence-electron chi connectivity index (χ2n) is 5.27. The van der Waals surface area contributed by atoms with E-state index in [2.05, 4.69) is 5.32 Å². The molecular formula is C15H16Cl2N2O3. The lowest BCUT2D eigenvalue weighted by atomic mass is 10.1. The highest BCUT2D eigenvalue weighted by Gasteiger charge is 2.31. The Labute approximate surface area is 138 Å². The summed E-state index contributed by atoms with van der Waals surface area (Å²) in [6, 6.07) is 1.62. The van der Waals surface area contributed by atoms with E-state index in [1.54, 1.807) is 6.07 Å². The van der Waals surface area contributed by atoms with Gasteiger partial charge in [-0.25, -0.2) is 4.79 Å². The van der Waals surface area contributed by atoms with Crippen LogP contribution in [0.4, 0.5) is 0 Å². The highest BCUT2D eigenvalue weighted by Crippen LogP contribution is 2.43. The Bertz CT molecular complexity index is 638. The molecule has 0 aliphatic carbocycles. The number of rotatable bonds is 2. The van der Waals surface area contributed by atoms with Gasteiger partial charge in [0.05, 0.1) is 10.0 Å². The first-order valence-electron chi connectivity index (χ1n) is 7.10. The zero-order valence-electron chi connectivity index (χ0n) is 12.1. The van der Waals surface area contributed by atoms with Gasteiger partial charge in [0.1, 0.15) is 18.2 Å². The summed E-state index contributed by atoms with van der Waals surface area (Å²) in [5.74, 6) is 3.10. The van der Waals surface area contributed by atoms with Gasteiger partial charge in [0.15, 0.2) is 17.6 Å². The Kier molecular flexibility index (Phi) is 4.50. The van der Waals surface area contributed by atoms with Crippen molar-refractivity contribution in [1.29, 1.82) is 0 Å². The van der Waals surface area contributed by atoms with Crippen molar-refractivity contribution in [2.75, 3.05) is 32.8 Å². The maximum absolute atomic E-state index is 11.4. The first kappa shape index (κ1) is 15.5. The van der Waals surface area contributed by atoms with Crippen molar-refractivity contribution in [3.63, 3.8) is 0 Å². The van der Waals surface area contributed by atoms with Crippen LogP contribution in [-0.4, -0.2) is 49.7 Å². The SMILES string of the molecule is Cc1c(Cl)c(Cl)cc2c1OCC(C(=C=O)N1CCNCC1)O2. The van der Waals surface area contributed by atoms with E-state index in [4.69, 9.17) is 32.7 Å². The zero-order valence-corrected chi connectivity index (χ0v) is 13.6. The van der Waals surface area contributed by atoms with Crippen LogP contribution >= 0.6 is 23.2 Å². The van der Waals surface area contributed by atoms with Crippen LogP contribution in [0.3, 0.4) is 0 Å². The van der Waals surface area contributed by atoms with Crippen molar-refractivity contribution < 1.29 is 14.3 Å². The molecule has 1 aromatic rings. The third-order valence-electron chi connectivity index (χ3n) is 3.88. The third kappa shape index (κ3) is 2.77. The summed E-state index contributed by atoms with van der Waals surface area (Å²) in [5.41, 5.74) is 1.22. The van der Waals surface area contributed by atoms with E-state index in [0.717, 1.165) is 31.7 Å². The summed E-state index contributed by atoms with van der Waals surface area (Å²) in [5, 5.41) is 4.10. The van der Waals surface area contributed by atoms with Gasteiger partial charge in [0, 0.05) is 37.8 Å². The summed E-state index contributed by atoms with van der Waals surface area (Å²) in [7, 11) is 0. The largest absolute Gasteiger partial charge is 0.485 e. The molecule has 22 heavy (non-hydrogen) atoms. The van der Waals surface area contributed by atoms with Crippen LogP contribution in [0.15, 0.2) is 11.8 Å². The van der Waals surface area contributed by atoms with Crippen molar-refractivity contribution >= 4 is 29.1 Å². The Morgan fingerprint density at radius 1 is 1.41 bits per heavy atom. The zero-order chi connectivity index (χ0) is 15.7. The number of nitrogens with one attached hydrogen (secondary N) is 1. The van der Waals surface area contributed by atoms with Crippen LogP contribution < -0.4 is 14.8 Å². The first-order chi connectivity index (χ1) is 10.6. The molecule has 7 heteroatoms. The van der Waals surface area contributed by atoms with Gasteiger partial charge in [-0.05, 0) is 6.92 Å². The minimum absolute atomic E-state index is 0.250. The average Bonchev–Trinajstić information content (AvgIpc) is 2.54. The molecule has 0 spiro atoms. The van der Waals surface area contributed by atoms with Crippen molar-refractivity contribution in [3.8, 4) is 11.5 Å². The predicted octanol–water partition coefficient (Wildman–Crippen LogP) is 2.06. The van der Waals surface area contributed by atoms with E-state index in [-0.39, 0.29) is 6.61 Å². The van der Waals surface area contributed by atoms with Gasteiger partial charge in [-0.3, -0.25) is 0 Å². The normalized spacial score (nSPS) is 20.5. The van der Waals surface area contributed by atoms with Crippen LogP contribution in [-0.2, 0) is 4.79 Å². The fourth-order valence-corrected chi connectivity index (χ4v) is 3.08. The summed E-state index contributed by atoms with van der Waals surface area (Å²) >= 11 is 12.2. The predicted molar refractivity (Wildman–Crippen MR) is 84.8 cm³/mol. The number of piperazine rings is 1. The fraction of sp³-hybridized carbons (Fsp3) is 0.467. The van der Waals surface area contributed by atoms with E-state index >= 15 is 0 Å². The van der Waals surface area contributed by atoms with E-state index in [1.165, 1.54) is 0 Å². The molecule has 0 bridgehead atoms.